The molecule has 0 bridgehead atoms. The summed E-state index contributed by atoms with van der Waals surface area (Å²) in [5, 5.41) is 2.92. The Hall–Kier alpha value is -0.370. The first-order valence-corrected chi connectivity index (χ1v) is 5.33. The standard InChI is InChI=1S/C7H15NO.2C2H6/c1-6(2)4-7(5-9)8-3;2*1-2/h5-8H,4H2,1-3H3;2*1-2H3/t7-;;/m0../s1. The first kappa shape index (κ1) is 18.4. The molecule has 0 saturated carbocycles. The van der Waals surface area contributed by atoms with E-state index in [0.29, 0.717) is 5.92 Å². The third-order valence-electron chi connectivity index (χ3n) is 1.26. The Morgan fingerprint density at radius 2 is 1.54 bits per heavy atom. The van der Waals surface area contributed by atoms with Crippen molar-refractivity contribution in [2.24, 2.45) is 5.92 Å². The van der Waals surface area contributed by atoms with Gasteiger partial charge in [0.15, 0.2) is 0 Å². The van der Waals surface area contributed by atoms with Crippen LogP contribution in [-0.2, 0) is 4.79 Å². The van der Waals surface area contributed by atoms with Gasteiger partial charge in [-0.15, -0.1) is 0 Å². The van der Waals surface area contributed by atoms with E-state index in [4.69, 9.17) is 0 Å². The number of aldehydes is 1. The van der Waals surface area contributed by atoms with E-state index in [1.54, 1.807) is 7.05 Å². The molecule has 13 heavy (non-hydrogen) atoms. The molecule has 82 valence electrons. The maximum atomic E-state index is 10.2. The van der Waals surface area contributed by atoms with Crippen LogP contribution in [0.25, 0.3) is 0 Å². The molecule has 1 N–H and O–H groups in total. The zero-order chi connectivity index (χ0) is 11.3. The van der Waals surface area contributed by atoms with Gasteiger partial charge in [0, 0.05) is 0 Å². The number of hydrogen-bond donors (Lipinski definition) is 1. The SMILES string of the molecule is CC.CC.CN[C@H](C=O)CC(C)C. The molecule has 2 heteroatoms. The van der Waals surface area contributed by atoms with E-state index in [2.05, 4.69) is 19.2 Å². The molecule has 0 radical (unpaired) electrons. The molecule has 0 aliphatic carbocycles. The number of likely N-dealkylation sites (N-methyl/N-ethyl adjacent to an activating group) is 1. The number of nitrogens with one attached hydrogen (secondary N) is 1. The van der Waals surface area contributed by atoms with Gasteiger partial charge >= 0.3 is 0 Å². The molecule has 0 aliphatic heterocycles. The summed E-state index contributed by atoms with van der Waals surface area (Å²) in [5.74, 6) is 0.590. The van der Waals surface area contributed by atoms with Crippen molar-refractivity contribution in [2.45, 2.75) is 54.0 Å². The summed E-state index contributed by atoms with van der Waals surface area (Å²) in [4.78, 5) is 10.2. The largest absolute Gasteiger partial charge is 0.311 e. The van der Waals surface area contributed by atoms with Crippen molar-refractivity contribution in [3.63, 3.8) is 0 Å². The summed E-state index contributed by atoms with van der Waals surface area (Å²) in [6, 6.07) is 0.0463. The molecule has 0 saturated heterocycles. The molecule has 0 fully saturated rings. The number of rotatable bonds is 4. The third kappa shape index (κ3) is 18.5. The minimum Gasteiger partial charge on any atom is -0.311 e. The van der Waals surface area contributed by atoms with Gasteiger partial charge in [0.2, 0.25) is 0 Å². The summed E-state index contributed by atoms with van der Waals surface area (Å²) in [7, 11) is 1.81. The second-order valence-electron chi connectivity index (χ2n) is 2.66. The summed E-state index contributed by atoms with van der Waals surface area (Å²) in [6.45, 7) is 12.2. The minimum absolute atomic E-state index is 0.0463. The number of hydrogen-bond acceptors (Lipinski definition) is 2. The minimum atomic E-state index is 0.0463. The van der Waals surface area contributed by atoms with Crippen LogP contribution in [0.1, 0.15) is 48.0 Å². The molecule has 2 nitrogen and oxygen atoms in total. The highest BCUT2D eigenvalue weighted by Gasteiger charge is 2.04. The molecular formula is C11H27NO. The molecule has 0 aromatic rings. The monoisotopic (exact) mass is 189 g/mol. The molecule has 0 unspecified atom stereocenters. The van der Waals surface area contributed by atoms with Crippen LogP contribution >= 0.6 is 0 Å². The highest BCUT2D eigenvalue weighted by molar-refractivity contribution is 5.57. The van der Waals surface area contributed by atoms with Crippen molar-refractivity contribution in [3.8, 4) is 0 Å². The number of carbonyl (C=O) groups is 1. The average Bonchev–Trinajstić information content (AvgIpc) is 2.20. The zero-order valence-corrected chi connectivity index (χ0v) is 10.3. The Kier molecular flexibility index (Phi) is 25.0. The van der Waals surface area contributed by atoms with Crippen LogP contribution in [0.15, 0.2) is 0 Å². The summed E-state index contributed by atoms with van der Waals surface area (Å²) in [6.07, 6.45) is 1.89. The van der Waals surface area contributed by atoms with Gasteiger partial charge in [-0.2, -0.15) is 0 Å². The predicted molar refractivity (Wildman–Crippen MR) is 61.1 cm³/mol. The Morgan fingerprint density at radius 1 is 1.15 bits per heavy atom. The van der Waals surface area contributed by atoms with Crippen LogP contribution < -0.4 is 5.32 Å². The van der Waals surface area contributed by atoms with Crippen molar-refractivity contribution in [1.82, 2.24) is 5.32 Å². The topological polar surface area (TPSA) is 29.1 Å². The van der Waals surface area contributed by atoms with E-state index in [1.165, 1.54) is 0 Å². The van der Waals surface area contributed by atoms with Crippen molar-refractivity contribution in [3.05, 3.63) is 0 Å². The fourth-order valence-electron chi connectivity index (χ4n) is 0.749. The highest BCUT2D eigenvalue weighted by atomic mass is 16.1. The maximum Gasteiger partial charge on any atom is 0.136 e. The Labute approximate surface area is 84.1 Å². The van der Waals surface area contributed by atoms with Crippen LogP contribution in [0.2, 0.25) is 0 Å². The van der Waals surface area contributed by atoms with Crippen LogP contribution in [-0.4, -0.2) is 19.4 Å². The van der Waals surface area contributed by atoms with Crippen LogP contribution in [0.3, 0.4) is 0 Å². The van der Waals surface area contributed by atoms with Gasteiger partial charge in [-0.05, 0) is 19.4 Å². The van der Waals surface area contributed by atoms with Crippen molar-refractivity contribution in [2.75, 3.05) is 7.05 Å². The number of carbonyl (C=O) groups excluding carboxylic acids is 1. The van der Waals surface area contributed by atoms with E-state index < -0.39 is 0 Å². The molecule has 0 aromatic carbocycles. The Bertz CT molecular complexity index is 82.2. The van der Waals surface area contributed by atoms with Crippen LogP contribution in [0.5, 0.6) is 0 Å². The predicted octanol–water partition coefficient (Wildman–Crippen LogP) is 2.87. The highest BCUT2D eigenvalue weighted by Crippen LogP contribution is 2.01. The van der Waals surface area contributed by atoms with Gasteiger partial charge in [-0.25, -0.2) is 0 Å². The fraction of sp³-hybridized carbons (Fsp3) is 0.909. The van der Waals surface area contributed by atoms with Gasteiger partial charge in [-0.3, -0.25) is 0 Å². The summed E-state index contributed by atoms with van der Waals surface area (Å²) < 4.78 is 0. The molecule has 0 spiro atoms. The lowest BCUT2D eigenvalue weighted by Gasteiger charge is -2.10. The molecule has 0 amide bonds. The first-order valence-electron chi connectivity index (χ1n) is 5.33. The van der Waals surface area contributed by atoms with Gasteiger partial charge in [-0.1, -0.05) is 41.5 Å². The fourth-order valence-corrected chi connectivity index (χ4v) is 0.749. The molecule has 0 aromatic heterocycles. The average molecular weight is 189 g/mol. The van der Waals surface area contributed by atoms with Gasteiger partial charge in [0.1, 0.15) is 6.29 Å². The third-order valence-corrected chi connectivity index (χ3v) is 1.26. The van der Waals surface area contributed by atoms with E-state index in [-0.39, 0.29) is 6.04 Å². The smallest absolute Gasteiger partial charge is 0.136 e. The van der Waals surface area contributed by atoms with Crippen molar-refractivity contribution >= 4 is 6.29 Å². The van der Waals surface area contributed by atoms with Crippen molar-refractivity contribution < 1.29 is 4.79 Å². The van der Waals surface area contributed by atoms with E-state index in [0.717, 1.165) is 12.7 Å². The molecule has 0 aliphatic rings. The molecule has 0 rings (SSSR count). The normalized spacial score (nSPS) is 10.5. The second kappa shape index (κ2) is 17.6. The second-order valence-corrected chi connectivity index (χ2v) is 2.66. The lowest BCUT2D eigenvalue weighted by atomic mass is 10.1. The quantitative estimate of drug-likeness (QED) is 0.689. The van der Waals surface area contributed by atoms with Gasteiger partial charge < -0.3 is 10.1 Å². The van der Waals surface area contributed by atoms with E-state index in [9.17, 15) is 4.79 Å². The Balaban J connectivity index is -0.000000218. The zero-order valence-electron chi connectivity index (χ0n) is 10.3. The summed E-state index contributed by atoms with van der Waals surface area (Å²) >= 11 is 0. The lowest BCUT2D eigenvalue weighted by molar-refractivity contribution is -0.109. The molecular weight excluding hydrogens is 162 g/mol. The molecule has 0 heterocycles. The van der Waals surface area contributed by atoms with Crippen LogP contribution in [0.4, 0.5) is 0 Å². The van der Waals surface area contributed by atoms with Gasteiger partial charge in [0.25, 0.3) is 0 Å². The van der Waals surface area contributed by atoms with Crippen LogP contribution in [0, 0.1) is 5.92 Å². The van der Waals surface area contributed by atoms with E-state index in [1.807, 2.05) is 27.7 Å². The first-order chi connectivity index (χ1) is 6.20. The summed E-state index contributed by atoms with van der Waals surface area (Å²) in [5.41, 5.74) is 0. The Morgan fingerprint density at radius 3 is 1.62 bits per heavy atom. The lowest BCUT2D eigenvalue weighted by Crippen LogP contribution is -2.27. The maximum absolute atomic E-state index is 10.2. The van der Waals surface area contributed by atoms with E-state index >= 15 is 0 Å². The van der Waals surface area contributed by atoms with Crippen molar-refractivity contribution in [1.29, 1.82) is 0 Å². The van der Waals surface area contributed by atoms with Gasteiger partial charge in [0.05, 0.1) is 6.04 Å². The molecule has 1 atom stereocenters.